The smallest absolute Gasteiger partial charge is 0.332 e. The third-order valence-corrected chi connectivity index (χ3v) is 5.28. The molecule has 0 radical (unpaired) electrons. The average Bonchev–Trinajstić information content (AvgIpc) is 3.38. The molecule has 1 N–H and O–H groups in total. The Kier molecular flexibility index (Phi) is 7.00. The number of nitrogens with zero attached hydrogens (tertiary/aromatic N) is 4. The minimum atomic E-state index is -4.59. The number of thiazole rings is 1. The Morgan fingerprint density at radius 3 is 2.26 bits per heavy atom. The first kappa shape index (κ1) is 24.8. The van der Waals surface area contributed by atoms with Crippen molar-refractivity contribution in [1.29, 1.82) is 0 Å². The van der Waals surface area contributed by atoms with Crippen LogP contribution in [0.5, 0.6) is 0 Å². The largest absolute Gasteiger partial charge is 0.434 e. The van der Waals surface area contributed by atoms with Crippen LogP contribution in [0.25, 0.3) is 11.0 Å². The molecule has 0 atom stereocenters. The number of hydrogen-bond acceptors (Lipinski definition) is 5. The molecule has 0 aliphatic carbocycles. The first-order valence-electron chi connectivity index (χ1n) is 9.37. The number of rotatable bonds is 3. The second kappa shape index (κ2) is 9.59. The Labute approximate surface area is 191 Å². The molecule has 1 aromatic carbocycles. The van der Waals surface area contributed by atoms with E-state index in [-0.39, 0.29) is 17.2 Å². The van der Waals surface area contributed by atoms with Gasteiger partial charge in [0.25, 0.3) is 5.56 Å². The van der Waals surface area contributed by atoms with E-state index in [0.29, 0.717) is 16.9 Å². The molecule has 34 heavy (non-hydrogen) atoms. The van der Waals surface area contributed by atoms with Gasteiger partial charge in [0.2, 0.25) is 5.91 Å². The van der Waals surface area contributed by atoms with E-state index in [1.807, 2.05) is 0 Å². The van der Waals surface area contributed by atoms with E-state index in [9.17, 15) is 36.3 Å². The quantitative estimate of drug-likeness (QED) is 0.437. The third-order valence-electron chi connectivity index (χ3n) is 4.53. The summed E-state index contributed by atoms with van der Waals surface area (Å²) in [7, 11) is 2.80. The van der Waals surface area contributed by atoms with Gasteiger partial charge in [0, 0.05) is 31.7 Å². The van der Waals surface area contributed by atoms with E-state index in [2.05, 4.69) is 10.3 Å². The van der Waals surface area contributed by atoms with Gasteiger partial charge in [-0.3, -0.25) is 18.7 Å². The van der Waals surface area contributed by atoms with E-state index in [4.69, 9.17) is 0 Å². The average molecular weight is 501 g/mol. The number of alkyl halides is 3. The number of aryl methyl sites for hydroxylation is 1. The third kappa shape index (κ3) is 5.39. The van der Waals surface area contributed by atoms with Crippen molar-refractivity contribution < 1.29 is 26.7 Å². The zero-order valence-corrected chi connectivity index (χ0v) is 18.4. The van der Waals surface area contributed by atoms with Crippen molar-refractivity contribution in [2.45, 2.75) is 12.7 Å². The Balaban J connectivity index is 0.000000343. The summed E-state index contributed by atoms with van der Waals surface area (Å²) in [4.78, 5) is 39.6. The molecule has 0 aliphatic heterocycles. The minimum absolute atomic E-state index is 0.139. The van der Waals surface area contributed by atoms with Crippen molar-refractivity contribution in [3.63, 3.8) is 0 Å². The van der Waals surface area contributed by atoms with Gasteiger partial charge in [0.05, 0.1) is 5.52 Å². The van der Waals surface area contributed by atoms with Gasteiger partial charge < -0.3 is 9.88 Å². The van der Waals surface area contributed by atoms with Gasteiger partial charge >= 0.3 is 11.9 Å². The van der Waals surface area contributed by atoms with Crippen molar-refractivity contribution in [3.8, 4) is 0 Å². The van der Waals surface area contributed by atoms with Crippen LogP contribution in [0.15, 0.2) is 51.5 Å². The lowest BCUT2D eigenvalue weighted by Crippen LogP contribution is -2.37. The SMILES string of the molecule is Cn1c(=O)c2c(ccn2CC(=O)Nc2nc(C(F)(F)F)cs2)n(C)c1=O.Fc1cccc(F)c1. The fourth-order valence-electron chi connectivity index (χ4n) is 2.90. The lowest BCUT2D eigenvalue weighted by Gasteiger charge is -2.08. The highest BCUT2D eigenvalue weighted by Crippen LogP contribution is 2.31. The molecule has 0 unspecified atom stereocenters. The van der Waals surface area contributed by atoms with Gasteiger partial charge in [-0.05, 0) is 18.2 Å². The standard InChI is InChI=1S/C14H12F3N5O3S.C6H4F2/c1-20-7-3-4-22(10(7)11(24)21(2)13(20)25)5-9(23)19-12-18-8(6-26-12)14(15,16)17;7-5-2-1-3-6(8)4-5/h3-4,6H,5H2,1-2H3,(H,18,19,23);1-4H. The molecule has 4 aromatic rings. The van der Waals surface area contributed by atoms with E-state index in [1.165, 1.54) is 53.7 Å². The van der Waals surface area contributed by atoms with Gasteiger partial charge in [-0.25, -0.2) is 18.6 Å². The molecule has 4 rings (SSSR count). The normalized spacial score (nSPS) is 11.3. The van der Waals surface area contributed by atoms with Gasteiger partial charge in [-0.15, -0.1) is 11.3 Å². The van der Waals surface area contributed by atoms with E-state index >= 15 is 0 Å². The Morgan fingerprint density at radius 2 is 1.74 bits per heavy atom. The molecule has 0 bridgehead atoms. The van der Waals surface area contributed by atoms with Crippen LogP contribution < -0.4 is 16.6 Å². The van der Waals surface area contributed by atoms with Crippen molar-refractivity contribution in [3.05, 3.63) is 80.1 Å². The summed E-state index contributed by atoms with van der Waals surface area (Å²) in [5.74, 6) is -1.73. The Morgan fingerprint density at radius 1 is 1.09 bits per heavy atom. The summed E-state index contributed by atoms with van der Waals surface area (Å²) in [5.41, 5.74) is -1.69. The molecule has 0 fully saturated rings. The predicted molar refractivity (Wildman–Crippen MR) is 115 cm³/mol. The van der Waals surface area contributed by atoms with Crippen molar-refractivity contribution >= 4 is 33.4 Å². The first-order chi connectivity index (χ1) is 15.9. The highest BCUT2D eigenvalue weighted by atomic mass is 32.1. The molecule has 0 saturated carbocycles. The summed E-state index contributed by atoms with van der Waals surface area (Å²) in [6, 6.07) is 6.06. The summed E-state index contributed by atoms with van der Waals surface area (Å²) in [6.07, 6.45) is -3.14. The summed E-state index contributed by atoms with van der Waals surface area (Å²) >= 11 is 0.647. The molecule has 180 valence electrons. The molecule has 8 nitrogen and oxygen atoms in total. The lowest BCUT2D eigenvalue weighted by atomic mass is 10.3. The topological polar surface area (TPSA) is 90.9 Å². The zero-order chi connectivity index (χ0) is 25.2. The number of fused-ring (bicyclic) bond motifs is 1. The minimum Gasteiger partial charge on any atom is -0.332 e. The van der Waals surface area contributed by atoms with Crippen molar-refractivity contribution in [1.82, 2.24) is 18.7 Å². The number of nitrogens with one attached hydrogen (secondary N) is 1. The molecule has 0 spiro atoms. The van der Waals surface area contributed by atoms with Gasteiger partial charge in [0.1, 0.15) is 23.7 Å². The highest BCUT2D eigenvalue weighted by molar-refractivity contribution is 7.13. The monoisotopic (exact) mass is 501 g/mol. The maximum absolute atomic E-state index is 12.5. The van der Waals surface area contributed by atoms with Crippen LogP contribution in [-0.4, -0.2) is 24.6 Å². The number of amides is 1. The maximum Gasteiger partial charge on any atom is 0.434 e. The fraction of sp³-hybridized carbons (Fsp3) is 0.200. The van der Waals surface area contributed by atoms with Crippen molar-refractivity contribution in [2.24, 2.45) is 14.1 Å². The Hall–Kier alpha value is -3.81. The number of aromatic nitrogens is 4. The van der Waals surface area contributed by atoms with Crippen LogP contribution in [0.3, 0.4) is 0 Å². The molecule has 0 saturated heterocycles. The van der Waals surface area contributed by atoms with Crippen LogP contribution >= 0.6 is 11.3 Å². The van der Waals surface area contributed by atoms with Crippen molar-refractivity contribution in [2.75, 3.05) is 5.32 Å². The van der Waals surface area contributed by atoms with Crippen LogP contribution in [0, 0.1) is 11.6 Å². The molecule has 3 heterocycles. The Bertz CT molecular complexity index is 1450. The summed E-state index contributed by atoms with van der Waals surface area (Å²) < 4.78 is 65.0. The molecular formula is C20H16F5N5O3S. The number of carbonyl (C=O) groups is 1. The maximum atomic E-state index is 12.5. The predicted octanol–water partition coefficient (Wildman–Crippen LogP) is 3.12. The molecule has 0 aliphatic rings. The van der Waals surface area contributed by atoms with Crippen LogP contribution in [0.4, 0.5) is 27.1 Å². The molecular weight excluding hydrogens is 485 g/mol. The van der Waals surface area contributed by atoms with E-state index < -0.39 is 40.7 Å². The number of benzene rings is 1. The molecule has 1 amide bonds. The summed E-state index contributed by atoms with van der Waals surface area (Å²) in [6.45, 7) is -0.322. The molecule has 3 aromatic heterocycles. The zero-order valence-electron chi connectivity index (χ0n) is 17.6. The van der Waals surface area contributed by atoms with Gasteiger partial charge in [0.15, 0.2) is 10.8 Å². The second-order valence-corrected chi connectivity index (χ2v) is 7.77. The van der Waals surface area contributed by atoms with Crippen LogP contribution in [-0.2, 0) is 31.6 Å². The highest BCUT2D eigenvalue weighted by Gasteiger charge is 2.33. The first-order valence-corrected chi connectivity index (χ1v) is 10.2. The lowest BCUT2D eigenvalue weighted by molar-refractivity contribution is -0.140. The second-order valence-electron chi connectivity index (χ2n) is 6.91. The van der Waals surface area contributed by atoms with Gasteiger partial charge in [-0.1, -0.05) is 6.07 Å². The number of halogens is 5. The van der Waals surface area contributed by atoms with E-state index in [1.54, 1.807) is 0 Å². The molecule has 14 heteroatoms. The summed E-state index contributed by atoms with van der Waals surface area (Å²) in [5, 5.41) is 2.87. The van der Waals surface area contributed by atoms with E-state index in [0.717, 1.165) is 16.0 Å². The van der Waals surface area contributed by atoms with Crippen LogP contribution in [0.2, 0.25) is 0 Å². The fourth-order valence-corrected chi connectivity index (χ4v) is 3.64. The number of hydrogen-bond donors (Lipinski definition) is 1. The van der Waals surface area contributed by atoms with Crippen LogP contribution in [0.1, 0.15) is 5.69 Å². The van der Waals surface area contributed by atoms with Gasteiger partial charge in [-0.2, -0.15) is 13.2 Å². The number of carbonyl (C=O) groups excluding carboxylic acids is 1. The number of anilines is 1.